The normalized spacial score (nSPS) is 24.1. The van der Waals surface area contributed by atoms with Crippen molar-refractivity contribution in [3.63, 3.8) is 0 Å². The number of carboxylic acids is 1. The molecule has 1 atom stereocenters. The standard InChI is InChI=1S/C15H21NO3S/c1-10(13-4-3-9-20-13)16(2)14(17)11-5-7-12(8-6-11)15(18)19/h3-4,9-12H,5-8H2,1-2H3,(H,18,19). The molecule has 5 heteroatoms. The van der Waals surface area contributed by atoms with Crippen LogP contribution in [0.1, 0.15) is 43.5 Å². The van der Waals surface area contributed by atoms with Crippen LogP contribution in [0.2, 0.25) is 0 Å². The van der Waals surface area contributed by atoms with Gasteiger partial charge in [-0.15, -0.1) is 11.3 Å². The summed E-state index contributed by atoms with van der Waals surface area (Å²) >= 11 is 1.66. The minimum atomic E-state index is -0.726. The molecule has 20 heavy (non-hydrogen) atoms. The van der Waals surface area contributed by atoms with Gasteiger partial charge in [-0.05, 0) is 44.1 Å². The van der Waals surface area contributed by atoms with Crippen LogP contribution >= 0.6 is 11.3 Å². The van der Waals surface area contributed by atoms with E-state index in [0.29, 0.717) is 25.7 Å². The molecule has 1 heterocycles. The molecular formula is C15H21NO3S. The zero-order valence-corrected chi connectivity index (χ0v) is 12.7. The number of carboxylic acid groups (broad SMARTS) is 1. The summed E-state index contributed by atoms with van der Waals surface area (Å²) in [6, 6.07) is 4.12. The van der Waals surface area contributed by atoms with Gasteiger partial charge in [0.25, 0.3) is 0 Å². The average molecular weight is 295 g/mol. The zero-order valence-electron chi connectivity index (χ0n) is 11.9. The Balaban J connectivity index is 1.93. The maximum atomic E-state index is 12.5. The highest BCUT2D eigenvalue weighted by Gasteiger charge is 2.32. The van der Waals surface area contributed by atoms with Gasteiger partial charge in [-0.3, -0.25) is 9.59 Å². The van der Waals surface area contributed by atoms with Crippen LogP contribution in [0.4, 0.5) is 0 Å². The van der Waals surface area contributed by atoms with Gasteiger partial charge >= 0.3 is 5.97 Å². The lowest BCUT2D eigenvalue weighted by Crippen LogP contribution is -2.37. The molecule has 4 nitrogen and oxygen atoms in total. The summed E-state index contributed by atoms with van der Waals surface area (Å²) in [4.78, 5) is 26.4. The number of carbonyl (C=O) groups excluding carboxylic acids is 1. The number of rotatable bonds is 4. The van der Waals surface area contributed by atoms with Crippen LogP contribution in [-0.2, 0) is 9.59 Å². The fourth-order valence-corrected chi connectivity index (χ4v) is 3.61. The van der Waals surface area contributed by atoms with Gasteiger partial charge in [0, 0.05) is 17.8 Å². The number of hydrogen-bond donors (Lipinski definition) is 1. The van der Waals surface area contributed by atoms with Crippen molar-refractivity contribution in [2.75, 3.05) is 7.05 Å². The van der Waals surface area contributed by atoms with Crippen molar-refractivity contribution < 1.29 is 14.7 Å². The van der Waals surface area contributed by atoms with Gasteiger partial charge in [0.1, 0.15) is 0 Å². The number of aliphatic carboxylic acids is 1. The minimum Gasteiger partial charge on any atom is -0.481 e. The molecule has 1 aromatic rings. The van der Waals surface area contributed by atoms with E-state index in [1.807, 2.05) is 31.5 Å². The lowest BCUT2D eigenvalue weighted by atomic mass is 9.81. The number of hydrogen-bond acceptors (Lipinski definition) is 3. The topological polar surface area (TPSA) is 57.6 Å². The first-order chi connectivity index (χ1) is 9.50. The van der Waals surface area contributed by atoms with Crippen molar-refractivity contribution in [1.82, 2.24) is 4.90 Å². The van der Waals surface area contributed by atoms with Crippen LogP contribution in [0.25, 0.3) is 0 Å². The molecule has 1 aliphatic rings. The van der Waals surface area contributed by atoms with Gasteiger partial charge in [-0.25, -0.2) is 0 Å². The van der Waals surface area contributed by atoms with Crippen molar-refractivity contribution >= 4 is 23.2 Å². The first-order valence-corrected chi connectivity index (χ1v) is 7.91. The van der Waals surface area contributed by atoms with Crippen molar-refractivity contribution in [2.45, 2.75) is 38.6 Å². The Morgan fingerprint density at radius 2 is 1.90 bits per heavy atom. The predicted octanol–water partition coefficient (Wildman–Crippen LogP) is 3.16. The van der Waals surface area contributed by atoms with E-state index in [4.69, 9.17) is 5.11 Å². The molecule has 1 aliphatic carbocycles. The summed E-state index contributed by atoms with van der Waals surface area (Å²) in [6.45, 7) is 2.03. The lowest BCUT2D eigenvalue weighted by molar-refractivity contribution is -0.145. The Morgan fingerprint density at radius 1 is 1.30 bits per heavy atom. The Morgan fingerprint density at radius 3 is 2.40 bits per heavy atom. The van der Waals surface area contributed by atoms with Crippen LogP contribution in [0.5, 0.6) is 0 Å². The highest BCUT2D eigenvalue weighted by molar-refractivity contribution is 7.10. The lowest BCUT2D eigenvalue weighted by Gasteiger charge is -2.31. The zero-order chi connectivity index (χ0) is 14.7. The van der Waals surface area contributed by atoms with E-state index in [0.717, 1.165) is 0 Å². The van der Waals surface area contributed by atoms with Crippen molar-refractivity contribution in [3.8, 4) is 0 Å². The summed E-state index contributed by atoms with van der Waals surface area (Å²) in [7, 11) is 1.84. The van der Waals surface area contributed by atoms with E-state index in [2.05, 4.69) is 0 Å². The molecule has 1 N–H and O–H groups in total. The second kappa shape index (κ2) is 6.39. The third kappa shape index (κ3) is 3.20. The molecule has 1 unspecified atom stereocenters. The minimum absolute atomic E-state index is 0.0157. The number of carbonyl (C=O) groups is 2. The van der Waals surface area contributed by atoms with Crippen molar-refractivity contribution in [2.24, 2.45) is 11.8 Å². The molecule has 1 amide bonds. The van der Waals surface area contributed by atoms with E-state index >= 15 is 0 Å². The largest absolute Gasteiger partial charge is 0.481 e. The Labute approximate surface area is 123 Å². The molecule has 1 saturated carbocycles. The third-order valence-corrected chi connectivity index (χ3v) is 5.35. The number of thiophene rings is 1. The number of nitrogens with zero attached hydrogens (tertiary/aromatic N) is 1. The van der Waals surface area contributed by atoms with Gasteiger partial charge < -0.3 is 10.0 Å². The van der Waals surface area contributed by atoms with Crippen molar-refractivity contribution in [1.29, 1.82) is 0 Å². The summed E-state index contributed by atoms with van der Waals surface area (Å²) in [6.07, 6.45) is 2.62. The highest BCUT2D eigenvalue weighted by Crippen LogP contribution is 2.32. The molecule has 110 valence electrons. The molecule has 0 saturated heterocycles. The Kier molecular flexibility index (Phi) is 4.81. The molecule has 0 radical (unpaired) electrons. The Bertz CT molecular complexity index is 463. The van der Waals surface area contributed by atoms with Gasteiger partial charge in [0.05, 0.1) is 12.0 Å². The maximum Gasteiger partial charge on any atom is 0.306 e. The van der Waals surface area contributed by atoms with Crippen molar-refractivity contribution in [3.05, 3.63) is 22.4 Å². The molecule has 1 fully saturated rings. The highest BCUT2D eigenvalue weighted by atomic mass is 32.1. The molecule has 0 aliphatic heterocycles. The summed E-state index contributed by atoms with van der Waals surface area (Å²) in [5.74, 6) is -0.858. The van der Waals surface area contributed by atoms with Crippen LogP contribution < -0.4 is 0 Å². The molecule has 2 rings (SSSR count). The summed E-state index contributed by atoms with van der Waals surface area (Å²) < 4.78 is 0. The van der Waals surface area contributed by atoms with E-state index in [1.54, 1.807) is 16.2 Å². The maximum absolute atomic E-state index is 12.5. The van der Waals surface area contributed by atoms with Gasteiger partial charge in [0.15, 0.2) is 0 Å². The SMILES string of the molecule is CC(c1cccs1)N(C)C(=O)C1CCC(C(=O)O)CC1. The first kappa shape index (κ1) is 15.0. The van der Waals surface area contributed by atoms with Crippen LogP contribution in [-0.4, -0.2) is 28.9 Å². The molecular weight excluding hydrogens is 274 g/mol. The summed E-state index contributed by atoms with van der Waals surface area (Å²) in [5, 5.41) is 11.0. The molecule has 0 bridgehead atoms. The van der Waals surface area contributed by atoms with E-state index < -0.39 is 5.97 Å². The van der Waals surface area contributed by atoms with Gasteiger partial charge in [0.2, 0.25) is 5.91 Å². The first-order valence-electron chi connectivity index (χ1n) is 7.03. The quantitative estimate of drug-likeness (QED) is 0.928. The monoisotopic (exact) mass is 295 g/mol. The van der Waals surface area contributed by atoms with E-state index in [1.165, 1.54) is 4.88 Å². The Hall–Kier alpha value is -1.36. The van der Waals surface area contributed by atoms with Crippen LogP contribution in [0, 0.1) is 11.8 Å². The second-order valence-electron chi connectivity index (χ2n) is 5.53. The third-order valence-electron chi connectivity index (χ3n) is 4.31. The second-order valence-corrected chi connectivity index (χ2v) is 6.51. The smallest absolute Gasteiger partial charge is 0.306 e. The molecule has 0 spiro atoms. The van der Waals surface area contributed by atoms with Gasteiger partial charge in [-0.2, -0.15) is 0 Å². The summed E-state index contributed by atoms with van der Waals surface area (Å²) in [5.41, 5.74) is 0. The van der Waals surface area contributed by atoms with Crippen LogP contribution in [0.3, 0.4) is 0 Å². The fourth-order valence-electron chi connectivity index (χ4n) is 2.79. The van der Waals surface area contributed by atoms with E-state index in [9.17, 15) is 9.59 Å². The molecule has 1 aromatic heterocycles. The fraction of sp³-hybridized carbons (Fsp3) is 0.600. The molecule has 0 aromatic carbocycles. The van der Waals surface area contributed by atoms with E-state index in [-0.39, 0.29) is 23.8 Å². The van der Waals surface area contributed by atoms with Gasteiger partial charge in [-0.1, -0.05) is 6.07 Å². The predicted molar refractivity (Wildman–Crippen MR) is 78.6 cm³/mol. The average Bonchev–Trinajstić information content (AvgIpc) is 2.99. The van der Waals surface area contributed by atoms with Crippen LogP contribution in [0.15, 0.2) is 17.5 Å². The number of amides is 1.